The van der Waals surface area contributed by atoms with Gasteiger partial charge in [0, 0.05) is 16.4 Å². The number of ether oxygens (including phenoxy) is 1. The van der Waals surface area contributed by atoms with Crippen LogP contribution in [0.2, 0.25) is 0 Å². The first-order valence-electron chi connectivity index (χ1n) is 7.29. The molecule has 21 heavy (non-hydrogen) atoms. The van der Waals surface area contributed by atoms with Gasteiger partial charge in [0.25, 0.3) is 0 Å². The van der Waals surface area contributed by atoms with Crippen molar-refractivity contribution in [3.63, 3.8) is 0 Å². The van der Waals surface area contributed by atoms with Crippen LogP contribution < -0.4 is 5.32 Å². The molecule has 1 saturated carbocycles. The number of hydrogen-bond acceptors (Lipinski definition) is 5. The number of nitrogens with zero attached hydrogens (tertiary/aromatic N) is 1. The zero-order valence-electron chi connectivity index (χ0n) is 12.4. The van der Waals surface area contributed by atoms with E-state index in [-0.39, 0.29) is 5.97 Å². The minimum absolute atomic E-state index is 0.126. The van der Waals surface area contributed by atoms with E-state index in [2.05, 4.69) is 26.2 Å². The number of esters is 1. The largest absolute Gasteiger partial charge is 0.465 e. The van der Waals surface area contributed by atoms with Gasteiger partial charge in [0.05, 0.1) is 11.6 Å². The average molecular weight is 373 g/mol. The van der Waals surface area contributed by atoms with Gasteiger partial charge in [0.15, 0.2) is 0 Å². The normalized spacial score (nSPS) is 17.3. The van der Waals surface area contributed by atoms with Crippen LogP contribution in [0.25, 0.3) is 0 Å². The molecule has 1 aliphatic carbocycles. The number of halogens is 1. The Balaban J connectivity index is 2.11. The standard InChI is InChI=1S/C15H21BrN2O2S/c1-3-18-15(11-5-6-11,14(19)20-4-2)10-21-13-8-7-12(16)9-17-13/h7-9,11,18H,3-6,10H2,1-2H3. The number of rotatable bonds is 8. The van der Waals surface area contributed by atoms with Crippen LogP contribution >= 0.6 is 27.7 Å². The maximum atomic E-state index is 12.5. The summed E-state index contributed by atoms with van der Waals surface area (Å²) >= 11 is 4.98. The first-order valence-corrected chi connectivity index (χ1v) is 9.06. The molecule has 0 spiro atoms. The Bertz CT molecular complexity index is 479. The topological polar surface area (TPSA) is 51.2 Å². The fraction of sp³-hybridized carbons (Fsp3) is 0.600. The number of thioether (sulfide) groups is 1. The Morgan fingerprint density at radius 1 is 1.52 bits per heavy atom. The van der Waals surface area contributed by atoms with Gasteiger partial charge >= 0.3 is 5.97 Å². The number of nitrogens with one attached hydrogen (secondary N) is 1. The molecule has 0 radical (unpaired) electrons. The third-order valence-electron chi connectivity index (χ3n) is 3.55. The lowest BCUT2D eigenvalue weighted by Crippen LogP contribution is -2.57. The van der Waals surface area contributed by atoms with Gasteiger partial charge in [-0.15, -0.1) is 11.8 Å². The van der Waals surface area contributed by atoms with Crippen LogP contribution in [-0.4, -0.2) is 35.4 Å². The molecule has 1 N–H and O–H groups in total. The van der Waals surface area contributed by atoms with Crippen molar-refractivity contribution in [2.45, 2.75) is 37.3 Å². The summed E-state index contributed by atoms with van der Waals surface area (Å²) in [7, 11) is 0. The summed E-state index contributed by atoms with van der Waals surface area (Å²) < 4.78 is 6.28. The van der Waals surface area contributed by atoms with Crippen molar-refractivity contribution < 1.29 is 9.53 Å². The van der Waals surface area contributed by atoms with Crippen molar-refractivity contribution in [2.75, 3.05) is 18.9 Å². The molecule has 6 heteroatoms. The smallest absolute Gasteiger partial charge is 0.327 e. The Morgan fingerprint density at radius 3 is 2.81 bits per heavy atom. The third-order valence-corrected chi connectivity index (χ3v) is 5.16. The summed E-state index contributed by atoms with van der Waals surface area (Å²) in [4.78, 5) is 16.8. The predicted octanol–water partition coefficient (Wildman–Crippen LogP) is 3.26. The molecule has 0 saturated heterocycles. The zero-order chi connectivity index (χ0) is 15.3. The lowest BCUT2D eigenvalue weighted by atomic mass is 9.95. The number of carbonyl (C=O) groups is 1. The van der Waals surface area contributed by atoms with Crippen LogP contribution in [-0.2, 0) is 9.53 Å². The van der Waals surface area contributed by atoms with E-state index in [9.17, 15) is 4.79 Å². The van der Waals surface area contributed by atoms with E-state index in [0.29, 0.717) is 18.3 Å². The van der Waals surface area contributed by atoms with Crippen LogP contribution in [0.5, 0.6) is 0 Å². The van der Waals surface area contributed by atoms with E-state index < -0.39 is 5.54 Å². The second-order valence-electron chi connectivity index (χ2n) is 5.10. The molecule has 1 aromatic heterocycles. The summed E-state index contributed by atoms with van der Waals surface area (Å²) in [5, 5.41) is 4.31. The van der Waals surface area contributed by atoms with Crippen molar-refractivity contribution in [1.82, 2.24) is 10.3 Å². The highest BCUT2D eigenvalue weighted by molar-refractivity contribution is 9.10. The van der Waals surface area contributed by atoms with Gasteiger partial charge in [0.1, 0.15) is 5.54 Å². The Kier molecular flexibility index (Phi) is 6.08. The van der Waals surface area contributed by atoms with Gasteiger partial charge in [-0.2, -0.15) is 0 Å². The fourth-order valence-corrected chi connectivity index (χ4v) is 3.76. The molecular formula is C15H21BrN2O2S. The first-order chi connectivity index (χ1) is 10.1. The lowest BCUT2D eigenvalue weighted by molar-refractivity contribution is -0.151. The van der Waals surface area contributed by atoms with Gasteiger partial charge in [-0.05, 0) is 60.3 Å². The Labute approximate surface area is 138 Å². The van der Waals surface area contributed by atoms with Crippen LogP contribution in [0.15, 0.2) is 27.8 Å². The van der Waals surface area contributed by atoms with Gasteiger partial charge in [-0.1, -0.05) is 6.92 Å². The second kappa shape index (κ2) is 7.61. The summed E-state index contributed by atoms with van der Waals surface area (Å²) in [6, 6.07) is 3.93. The van der Waals surface area contributed by atoms with Crippen molar-refractivity contribution in [3.05, 3.63) is 22.8 Å². The number of hydrogen-bond donors (Lipinski definition) is 1. The van der Waals surface area contributed by atoms with E-state index in [1.807, 2.05) is 26.0 Å². The number of aromatic nitrogens is 1. The van der Waals surface area contributed by atoms with Crippen LogP contribution in [0.4, 0.5) is 0 Å². The summed E-state index contributed by atoms with van der Waals surface area (Å²) in [5.41, 5.74) is -0.579. The van der Waals surface area contributed by atoms with Crippen molar-refractivity contribution >= 4 is 33.7 Å². The molecule has 0 amide bonds. The third kappa shape index (κ3) is 4.20. The molecule has 1 aliphatic rings. The Morgan fingerprint density at radius 2 is 2.29 bits per heavy atom. The molecule has 0 bridgehead atoms. The van der Waals surface area contributed by atoms with Gasteiger partial charge in [-0.25, -0.2) is 4.98 Å². The lowest BCUT2D eigenvalue weighted by Gasteiger charge is -2.32. The molecule has 0 aliphatic heterocycles. The SMILES string of the molecule is CCNC(CSc1ccc(Br)cn1)(C(=O)OCC)C1CC1. The first kappa shape index (κ1) is 16.8. The number of carbonyl (C=O) groups excluding carboxylic acids is 1. The van der Waals surface area contributed by atoms with Crippen LogP contribution in [0.1, 0.15) is 26.7 Å². The fourth-order valence-electron chi connectivity index (χ4n) is 2.40. The highest BCUT2D eigenvalue weighted by Crippen LogP contribution is 2.43. The summed E-state index contributed by atoms with van der Waals surface area (Å²) in [6.45, 7) is 5.05. The molecule has 4 nitrogen and oxygen atoms in total. The average Bonchev–Trinajstić information content (AvgIpc) is 3.30. The number of pyridine rings is 1. The minimum Gasteiger partial charge on any atom is -0.465 e. The van der Waals surface area contributed by atoms with Crippen LogP contribution in [0, 0.1) is 5.92 Å². The van der Waals surface area contributed by atoms with E-state index in [0.717, 1.165) is 28.9 Å². The quantitative estimate of drug-likeness (QED) is 0.560. The van der Waals surface area contributed by atoms with E-state index in [1.165, 1.54) is 0 Å². The van der Waals surface area contributed by atoms with E-state index in [4.69, 9.17) is 4.74 Å². The highest BCUT2D eigenvalue weighted by atomic mass is 79.9. The van der Waals surface area contributed by atoms with Gasteiger partial charge in [-0.3, -0.25) is 4.79 Å². The molecule has 1 fully saturated rings. The maximum absolute atomic E-state index is 12.5. The molecular weight excluding hydrogens is 352 g/mol. The predicted molar refractivity (Wildman–Crippen MR) is 88.4 cm³/mol. The summed E-state index contributed by atoms with van der Waals surface area (Å²) in [6.07, 6.45) is 3.94. The maximum Gasteiger partial charge on any atom is 0.327 e. The van der Waals surface area contributed by atoms with Crippen molar-refractivity contribution in [1.29, 1.82) is 0 Å². The molecule has 116 valence electrons. The number of likely N-dealkylation sites (N-methyl/N-ethyl adjacent to an activating group) is 1. The molecule has 1 atom stereocenters. The molecule has 2 rings (SSSR count). The summed E-state index contributed by atoms with van der Waals surface area (Å²) in [5.74, 6) is 0.900. The van der Waals surface area contributed by atoms with Crippen molar-refractivity contribution in [3.8, 4) is 0 Å². The monoisotopic (exact) mass is 372 g/mol. The van der Waals surface area contributed by atoms with Gasteiger partial charge in [0.2, 0.25) is 0 Å². The molecule has 1 aromatic rings. The highest BCUT2D eigenvalue weighted by Gasteiger charge is 2.51. The van der Waals surface area contributed by atoms with Crippen LogP contribution in [0.3, 0.4) is 0 Å². The van der Waals surface area contributed by atoms with E-state index >= 15 is 0 Å². The van der Waals surface area contributed by atoms with Gasteiger partial charge < -0.3 is 10.1 Å². The Hall–Kier alpha value is -0.590. The molecule has 0 aromatic carbocycles. The molecule has 1 heterocycles. The molecule has 1 unspecified atom stereocenters. The zero-order valence-corrected chi connectivity index (χ0v) is 14.8. The van der Waals surface area contributed by atoms with Crippen molar-refractivity contribution in [2.24, 2.45) is 5.92 Å². The second-order valence-corrected chi connectivity index (χ2v) is 7.01. The van der Waals surface area contributed by atoms with E-state index in [1.54, 1.807) is 18.0 Å². The minimum atomic E-state index is -0.579.